The van der Waals surface area contributed by atoms with Crippen LogP contribution in [0, 0.1) is 6.92 Å². The van der Waals surface area contributed by atoms with Crippen LogP contribution in [0.4, 0.5) is 0 Å². The molecule has 0 spiro atoms. The van der Waals surface area contributed by atoms with Crippen LogP contribution in [0.15, 0.2) is 42.5 Å². The molecule has 2 aliphatic rings. The van der Waals surface area contributed by atoms with Gasteiger partial charge in [-0.1, -0.05) is 35.9 Å². The van der Waals surface area contributed by atoms with Crippen LogP contribution >= 0.6 is 0 Å². The third kappa shape index (κ3) is 1.50. The van der Waals surface area contributed by atoms with E-state index in [0.29, 0.717) is 0 Å². The van der Waals surface area contributed by atoms with Gasteiger partial charge in [-0.05, 0) is 30.2 Å². The van der Waals surface area contributed by atoms with Gasteiger partial charge in [0.05, 0.1) is 17.8 Å². The molecule has 1 aliphatic carbocycles. The minimum absolute atomic E-state index is 0.0134. The molecule has 2 heterocycles. The number of aliphatic hydroxyl groups excluding tert-OH is 1. The van der Waals surface area contributed by atoms with Gasteiger partial charge >= 0.3 is 0 Å². The maximum atomic E-state index is 9.98. The molecule has 0 amide bonds. The van der Waals surface area contributed by atoms with Gasteiger partial charge in [-0.25, -0.2) is 4.98 Å². The highest BCUT2D eigenvalue weighted by Crippen LogP contribution is 2.60. The molecule has 1 saturated heterocycles. The van der Waals surface area contributed by atoms with Crippen molar-refractivity contribution >= 4 is 10.9 Å². The van der Waals surface area contributed by atoms with E-state index < -0.39 is 0 Å². The zero-order chi connectivity index (χ0) is 14.8. The summed E-state index contributed by atoms with van der Waals surface area (Å²) in [6.07, 6.45) is 0.169. The van der Waals surface area contributed by atoms with Crippen LogP contribution in [0.1, 0.15) is 34.5 Å². The zero-order valence-electron chi connectivity index (χ0n) is 12.2. The standard InChI is InChI=1S/C19H15NO2/c1-10-6-7-15-13(8-10)14(9-21)16-17(20-15)11-4-2-3-5-12(11)18-19(16)22-18/h2-8,18-19,21H,9H2,1H3. The number of nitrogens with zero attached hydrogens (tertiary/aromatic N) is 1. The molecule has 2 aromatic carbocycles. The number of fused-ring (bicyclic) bond motifs is 7. The average Bonchev–Trinajstić information content (AvgIpc) is 3.34. The molecule has 3 aromatic rings. The van der Waals surface area contributed by atoms with Crippen LogP contribution in [-0.2, 0) is 11.3 Å². The maximum Gasteiger partial charge on any atom is 0.116 e. The molecule has 5 rings (SSSR count). The molecule has 22 heavy (non-hydrogen) atoms. The monoisotopic (exact) mass is 289 g/mol. The van der Waals surface area contributed by atoms with Crippen molar-refractivity contribution in [3.8, 4) is 11.3 Å². The zero-order valence-corrected chi connectivity index (χ0v) is 12.2. The Bertz CT molecular complexity index is 932. The van der Waals surface area contributed by atoms with Crippen LogP contribution < -0.4 is 0 Å². The van der Waals surface area contributed by atoms with Crippen molar-refractivity contribution in [2.24, 2.45) is 0 Å². The fourth-order valence-electron chi connectivity index (χ4n) is 3.67. The fourth-order valence-corrected chi connectivity index (χ4v) is 3.67. The van der Waals surface area contributed by atoms with Gasteiger partial charge < -0.3 is 9.84 Å². The van der Waals surface area contributed by atoms with Crippen LogP contribution in [0.2, 0.25) is 0 Å². The Kier molecular flexibility index (Phi) is 2.33. The lowest BCUT2D eigenvalue weighted by Crippen LogP contribution is -2.07. The molecule has 1 aromatic heterocycles. The van der Waals surface area contributed by atoms with Crippen molar-refractivity contribution in [2.45, 2.75) is 25.7 Å². The molecule has 2 unspecified atom stereocenters. The second-order valence-electron chi connectivity index (χ2n) is 6.10. The number of ether oxygens (including phenoxy) is 1. The summed E-state index contributed by atoms with van der Waals surface area (Å²) >= 11 is 0. The Hall–Kier alpha value is -2.23. The molecule has 2 atom stereocenters. The van der Waals surface area contributed by atoms with Crippen LogP contribution in [-0.4, -0.2) is 10.1 Å². The van der Waals surface area contributed by atoms with Crippen LogP contribution in [0.25, 0.3) is 22.2 Å². The quantitative estimate of drug-likeness (QED) is 0.692. The van der Waals surface area contributed by atoms with Crippen molar-refractivity contribution in [3.05, 3.63) is 64.7 Å². The maximum absolute atomic E-state index is 9.98. The van der Waals surface area contributed by atoms with Crippen molar-refractivity contribution < 1.29 is 9.84 Å². The van der Waals surface area contributed by atoms with Gasteiger partial charge in [-0.15, -0.1) is 0 Å². The van der Waals surface area contributed by atoms with E-state index in [4.69, 9.17) is 9.72 Å². The van der Waals surface area contributed by atoms with Gasteiger partial charge in [0.25, 0.3) is 0 Å². The number of hydrogen-bond donors (Lipinski definition) is 1. The number of rotatable bonds is 1. The van der Waals surface area contributed by atoms with Crippen molar-refractivity contribution in [1.82, 2.24) is 4.98 Å². The van der Waals surface area contributed by atoms with E-state index in [1.54, 1.807) is 0 Å². The van der Waals surface area contributed by atoms with E-state index in [2.05, 4.69) is 31.2 Å². The number of aromatic nitrogens is 1. The summed E-state index contributed by atoms with van der Waals surface area (Å²) in [6.45, 7) is 2.07. The lowest BCUT2D eigenvalue weighted by atomic mass is 9.85. The van der Waals surface area contributed by atoms with Gasteiger partial charge in [-0.3, -0.25) is 0 Å². The molecule has 0 radical (unpaired) electrons. The Morgan fingerprint density at radius 3 is 2.86 bits per heavy atom. The second kappa shape index (κ2) is 4.15. The molecule has 1 N–H and O–H groups in total. The molecular weight excluding hydrogens is 274 g/mol. The van der Waals surface area contributed by atoms with Crippen LogP contribution in [0.5, 0.6) is 0 Å². The lowest BCUT2D eigenvalue weighted by Gasteiger charge is -2.20. The highest BCUT2D eigenvalue weighted by Gasteiger charge is 2.49. The summed E-state index contributed by atoms with van der Waals surface area (Å²) in [5, 5.41) is 11.0. The Morgan fingerprint density at radius 2 is 2.00 bits per heavy atom. The number of aliphatic hydroxyl groups is 1. The van der Waals surface area contributed by atoms with Crippen molar-refractivity contribution in [3.63, 3.8) is 0 Å². The van der Waals surface area contributed by atoms with Gasteiger partial charge in [-0.2, -0.15) is 0 Å². The summed E-state index contributed by atoms with van der Waals surface area (Å²) in [5.74, 6) is 0. The van der Waals surface area contributed by atoms with Gasteiger partial charge in [0.15, 0.2) is 0 Å². The first-order valence-corrected chi connectivity index (χ1v) is 7.56. The predicted octanol–water partition coefficient (Wildman–Crippen LogP) is 3.83. The summed E-state index contributed by atoms with van der Waals surface area (Å²) in [7, 11) is 0. The van der Waals surface area contributed by atoms with Gasteiger partial charge in [0, 0.05) is 16.5 Å². The predicted molar refractivity (Wildman–Crippen MR) is 84.4 cm³/mol. The van der Waals surface area contributed by atoms with E-state index in [1.807, 2.05) is 18.2 Å². The number of hydrogen-bond acceptors (Lipinski definition) is 3. The number of aryl methyl sites for hydroxylation is 1. The van der Waals surface area contributed by atoms with Crippen molar-refractivity contribution in [1.29, 1.82) is 0 Å². The van der Waals surface area contributed by atoms with E-state index >= 15 is 0 Å². The molecule has 0 saturated carbocycles. The normalized spacial score (nSPS) is 21.2. The minimum Gasteiger partial charge on any atom is -0.392 e. The Balaban J connectivity index is 1.93. The summed E-state index contributed by atoms with van der Waals surface area (Å²) < 4.78 is 5.90. The number of epoxide rings is 1. The first-order valence-electron chi connectivity index (χ1n) is 7.56. The first-order chi connectivity index (χ1) is 10.8. The molecule has 1 fully saturated rings. The smallest absolute Gasteiger partial charge is 0.116 e. The SMILES string of the molecule is Cc1ccc2nc3c(c(CO)c2c1)C1OC1c1ccccc1-3. The highest BCUT2D eigenvalue weighted by atomic mass is 16.6. The van der Waals surface area contributed by atoms with Crippen LogP contribution in [0.3, 0.4) is 0 Å². The largest absolute Gasteiger partial charge is 0.392 e. The first kappa shape index (κ1) is 12.3. The Labute approximate surface area is 128 Å². The Morgan fingerprint density at radius 1 is 1.14 bits per heavy atom. The third-order valence-electron chi connectivity index (χ3n) is 4.75. The average molecular weight is 289 g/mol. The lowest BCUT2D eigenvalue weighted by molar-refractivity contribution is 0.280. The topological polar surface area (TPSA) is 45.7 Å². The number of benzene rings is 2. The van der Waals surface area contributed by atoms with E-state index in [1.165, 1.54) is 11.1 Å². The molecule has 0 bridgehead atoms. The highest BCUT2D eigenvalue weighted by molar-refractivity contribution is 5.89. The molecule has 3 nitrogen and oxygen atoms in total. The van der Waals surface area contributed by atoms with Gasteiger partial charge in [0.1, 0.15) is 12.2 Å². The summed E-state index contributed by atoms with van der Waals surface area (Å²) in [6, 6.07) is 14.5. The molecule has 1 aliphatic heterocycles. The minimum atomic E-state index is 0.0134. The van der Waals surface area contributed by atoms with E-state index in [9.17, 15) is 5.11 Å². The molecule has 3 heteroatoms. The van der Waals surface area contributed by atoms with E-state index in [0.717, 1.165) is 33.3 Å². The summed E-state index contributed by atoms with van der Waals surface area (Å²) in [5.41, 5.74) is 7.46. The number of pyridine rings is 1. The molecule has 108 valence electrons. The molecular formula is C19H15NO2. The third-order valence-corrected chi connectivity index (χ3v) is 4.75. The van der Waals surface area contributed by atoms with Crippen molar-refractivity contribution in [2.75, 3.05) is 0 Å². The van der Waals surface area contributed by atoms with Gasteiger partial charge in [0.2, 0.25) is 0 Å². The van der Waals surface area contributed by atoms with E-state index in [-0.39, 0.29) is 18.8 Å². The second-order valence-corrected chi connectivity index (χ2v) is 6.10. The summed E-state index contributed by atoms with van der Waals surface area (Å²) in [4.78, 5) is 4.89. The fraction of sp³-hybridized carbons (Fsp3) is 0.211.